The average molecular weight is 285 g/mol. The first-order valence-corrected chi connectivity index (χ1v) is 7.47. The lowest BCUT2D eigenvalue weighted by Gasteiger charge is -2.09. The van der Waals surface area contributed by atoms with Crippen molar-refractivity contribution in [3.8, 4) is 0 Å². The molecule has 100 valence electrons. The Hall–Kier alpha value is -0.570. The van der Waals surface area contributed by atoms with E-state index in [2.05, 4.69) is 46.2 Å². The molecule has 1 aliphatic rings. The van der Waals surface area contributed by atoms with Crippen LogP contribution < -0.4 is 5.73 Å². The van der Waals surface area contributed by atoms with Gasteiger partial charge < -0.3 is 10.5 Å². The molecule has 3 unspecified atom stereocenters. The SMILES string of the molecule is CC(P)c1ccc(SC2CCOC2)cc1.NC=O. The van der Waals surface area contributed by atoms with E-state index < -0.39 is 0 Å². The van der Waals surface area contributed by atoms with Gasteiger partial charge in [-0.2, -0.15) is 0 Å². The maximum absolute atomic E-state index is 8.58. The first kappa shape index (κ1) is 15.5. The first-order chi connectivity index (χ1) is 8.67. The van der Waals surface area contributed by atoms with Gasteiger partial charge in [0.1, 0.15) is 0 Å². The Balaban J connectivity index is 0.000000492. The molecule has 5 heteroatoms. The quantitative estimate of drug-likeness (QED) is 0.686. The minimum absolute atomic E-state index is 0.250. The summed E-state index contributed by atoms with van der Waals surface area (Å²) in [6.07, 6.45) is 1.44. The fraction of sp³-hybridized carbons (Fsp3) is 0.462. The number of rotatable bonds is 3. The van der Waals surface area contributed by atoms with E-state index in [-0.39, 0.29) is 6.41 Å². The molecule has 3 nitrogen and oxygen atoms in total. The maximum atomic E-state index is 8.58. The van der Waals surface area contributed by atoms with Gasteiger partial charge in [0.2, 0.25) is 6.41 Å². The number of carbonyl (C=O) groups excluding carboxylic acids is 1. The van der Waals surface area contributed by atoms with Crippen molar-refractivity contribution in [3.63, 3.8) is 0 Å². The molecule has 0 radical (unpaired) electrons. The van der Waals surface area contributed by atoms with E-state index >= 15 is 0 Å². The van der Waals surface area contributed by atoms with E-state index in [0.29, 0.717) is 10.9 Å². The summed E-state index contributed by atoms with van der Waals surface area (Å²) < 4.78 is 5.37. The van der Waals surface area contributed by atoms with Crippen LogP contribution in [0, 0.1) is 0 Å². The Bertz CT molecular complexity index is 351. The molecule has 0 aromatic heterocycles. The number of carbonyl (C=O) groups is 1. The number of primary amides is 1. The molecule has 3 atom stereocenters. The zero-order chi connectivity index (χ0) is 13.4. The molecule has 1 fully saturated rings. The molecule has 0 bridgehead atoms. The molecular formula is C13H20NO2PS. The fourth-order valence-corrected chi connectivity index (χ4v) is 2.93. The van der Waals surface area contributed by atoms with Gasteiger partial charge in [-0.3, -0.25) is 4.79 Å². The monoisotopic (exact) mass is 285 g/mol. The molecule has 1 aliphatic heterocycles. The van der Waals surface area contributed by atoms with Crippen LogP contribution in [0.25, 0.3) is 0 Å². The third kappa shape index (κ3) is 5.38. The highest BCUT2D eigenvalue weighted by Crippen LogP contribution is 2.30. The summed E-state index contributed by atoms with van der Waals surface area (Å²) in [7, 11) is 2.82. The predicted octanol–water partition coefficient (Wildman–Crippen LogP) is 2.61. The number of nitrogens with two attached hydrogens (primary N) is 1. The van der Waals surface area contributed by atoms with Gasteiger partial charge in [-0.15, -0.1) is 21.0 Å². The van der Waals surface area contributed by atoms with E-state index in [0.717, 1.165) is 13.2 Å². The zero-order valence-electron chi connectivity index (χ0n) is 10.5. The van der Waals surface area contributed by atoms with Crippen LogP contribution in [0.4, 0.5) is 0 Å². The summed E-state index contributed by atoms with van der Waals surface area (Å²) in [4.78, 5) is 9.94. The highest BCUT2D eigenvalue weighted by molar-refractivity contribution is 8.00. The van der Waals surface area contributed by atoms with Gasteiger partial charge in [0.25, 0.3) is 0 Å². The Morgan fingerprint density at radius 3 is 2.56 bits per heavy atom. The largest absolute Gasteiger partial charge is 0.380 e. The Morgan fingerprint density at radius 2 is 2.11 bits per heavy atom. The number of hydrogen-bond acceptors (Lipinski definition) is 3. The van der Waals surface area contributed by atoms with E-state index in [1.165, 1.54) is 16.9 Å². The van der Waals surface area contributed by atoms with Crippen LogP contribution in [0.1, 0.15) is 24.6 Å². The van der Waals surface area contributed by atoms with Crippen LogP contribution in [-0.4, -0.2) is 24.9 Å². The molecule has 1 saturated heterocycles. The van der Waals surface area contributed by atoms with Crippen molar-refractivity contribution < 1.29 is 9.53 Å². The zero-order valence-corrected chi connectivity index (χ0v) is 12.5. The van der Waals surface area contributed by atoms with Crippen LogP contribution in [0.15, 0.2) is 29.2 Å². The third-order valence-electron chi connectivity index (χ3n) is 2.60. The standard InChI is InChI=1S/C12H17OPS.CH3NO/c1-9(14)10-2-4-11(5-3-10)15-12-6-7-13-8-12;2-1-3/h2-5,9,12H,6-8,14H2,1H3;1H,(H2,2,3). The smallest absolute Gasteiger partial charge is 0.204 e. The molecule has 1 heterocycles. The topological polar surface area (TPSA) is 52.3 Å². The minimum atomic E-state index is 0.250. The van der Waals surface area contributed by atoms with Crippen LogP contribution in [0.2, 0.25) is 0 Å². The van der Waals surface area contributed by atoms with Crippen LogP contribution >= 0.6 is 21.0 Å². The fourth-order valence-electron chi connectivity index (χ4n) is 1.65. The second kappa shape index (κ2) is 8.52. The van der Waals surface area contributed by atoms with Crippen molar-refractivity contribution in [1.29, 1.82) is 0 Å². The molecule has 0 saturated carbocycles. The second-order valence-corrected chi connectivity index (χ2v) is 6.47. The average Bonchev–Trinajstić information content (AvgIpc) is 2.83. The van der Waals surface area contributed by atoms with Gasteiger partial charge in [-0.1, -0.05) is 19.1 Å². The summed E-state index contributed by atoms with van der Waals surface area (Å²) in [6.45, 7) is 4.03. The van der Waals surface area contributed by atoms with Gasteiger partial charge in [-0.05, 0) is 29.8 Å². The molecule has 18 heavy (non-hydrogen) atoms. The van der Waals surface area contributed by atoms with E-state index in [4.69, 9.17) is 9.53 Å². The van der Waals surface area contributed by atoms with Crippen molar-refractivity contribution >= 4 is 27.4 Å². The molecule has 2 N–H and O–H groups in total. The second-order valence-electron chi connectivity index (χ2n) is 4.10. The number of ether oxygens (including phenoxy) is 1. The van der Waals surface area contributed by atoms with Crippen molar-refractivity contribution in [2.45, 2.75) is 29.1 Å². The van der Waals surface area contributed by atoms with Gasteiger partial charge in [-0.25, -0.2) is 0 Å². The van der Waals surface area contributed by atoms with E-state index in [9.17, 15) is 0 Å². The number of hydrogen-bond donors (Lipinski definition) is 1. The Labute approximate surface area is 115 Å². The molecule has 1 aromatic carbocycles. The highest BCUT2D eigenvalue weighted by atomic mass is 32.2. The molecule has 0 aliphatic carbocycles. The predicted molar refractivity (Wildman–Crippen MR) is 79.9 cm³/mol. The number of benzene rings is 1. The van der Waals surface area contributed by atoms with Crippen molar-refractivity contribution in [1.82, 2.24) is 0 Å². The number of amides is 1. The highest BCUT2D eigenvalue weighted by Gasteiger charge is 2.16. The molecule has 1 aromatic rings. The lowest BCUT2D eigenvalue weighted by Crippen LogP contribution is -1.99. The first-order valence-electron chi connectivity index (χ1n) is 5.92. The lowest BCUT2D eigenvalue weighted by molar-refractivity contribution is -0.106. The van der Waals surface area contributed by atoms with Crippen LogP contribution in [0.3, 0.4) is 0 Å². The Morgan fingerprint density at radius 1 is 1.50 bits per heavy atom. The number of thioether (sulfide) groups is 1. The molecular weight excluding hydrogens is 265 g/mol. The van der Waals surface area contributed by atoms with Crippen molar-refractivity contribution in [2.75, 3.05) is 13.2 Å². The molecule has 0 spiro atoms. The maximum Gasteiger partial charge on any atom is 0.204 e. The van der Waals surface area contributed by atoms with E-state index in [1.807, 2.05) is 11.8 Å². The van der Waals surface area contributed by atoms with Crippen molar-refractivity contribution in [3.05, 3.63) is 29.8 Å². The van der Waals surface area contributed by atoms with Crippen LogP contribution in [-0.2, 0) is 9.53 Å². The van der Waals surface area contributed by atoms with E-state index in [1.54, 1.807) is 0 Å². The van der Waals surface area contributed by atoms with Gasteiger partial charge in [0, 0.05) is 16.8 Å². The van der Waals surface area contributed by atoms with Gasteiger partial charge in [0.05, 0.1) is 6.61 Å². The third-order valence-corrected chi connectivity index (χ3v) is 4.23. The summed E-state index contributed by atoms with van der Waals surface area (Å²) in [6, 6.07) is 8.88. The summed E-state index contributed by atoms with van der Waals surface area (Å²) in [5.41, 5.74) is 6.09. The summed E-state index contributed by atoms with van der Waals surface area (Å²) in [5.74, 6) is 0. The normalized spacial score (nSPS) is 19.8. The van der Waals surface area contributed by atoms with Crippen LogP contribution in [0.5, 0.6) is 0 Å². The van der Waals surface area contributed by atoms with Gasteiger partial charge >= 0.3 is 0 Å². The summed E-state index contributed by atoms with van der Waals surface area (Å²) in [5, 5.41) is 0.657. The molecule has 2 rings (SSSR count). The molecule has 1 amide bonds. The lowest BCUT2D eigenvalue weighted by atomic mass is 10.2. The minimum Gasteiger partial charge on any atom is -0.380 e. The summed E-state index contributed by atoms with van der Waals surface area (Å²) >= 11 is 1.94. The van der Waals surface area contributed by atoms with Crippen molar-refractivity contribution in [2.24, 2.45) is 5.73 Å². The van der Waals surface area contributed by atoms with Gasteiger partial charge in [0.15, 0.2) is 0 Å². The Kier molecular flexibility index (Phi) is 7.33.